The summed E-state index contributed by atoms with van der Waals surface area (Å²) in [5, 5.41) is 10.6. The highest BCUT2D eigenvalue weighted by Crippen LogP contribution is 2.01. The van der Waals surface area contributed by atoms with E-state index in [0.29, 0.717) is 0 Å². The predicted molar refractivity (Wildman–Crippen MR) is 65.3 cm³/mol. The number of rotatable bonds is 6. The van der Waals surface area contributed by atoms with Crippen LogP contribution in [0.5, 0.6) is 0 Å². The number of aryl methyl sites for hydroxylation is 1. The molecule has 1 aromatic heterocycles. The summed E-state index contributed by atoms with van der Waals surface area (Å²) in [5.41, 5.74) is 1.15. The van der Waals surface area contributed by atoms with E-state index in [2.05, 4.69) is 36.6 Å². The lowest BCUT2D eigenvalue weighted by atomic mass is 10.1. The molecule has 4 nitrogen and oxygen atoms in total. The van der Waals surface area contributed by atoms with Crippen molar-refractivity contribution < 1.29 is 4.52 Å². The van der Waals surface area contributed by atoms with Crippen LogP contribution >= 0.6 is 0 Å². The first-order valence-electron chi connectivity index (χ1n) is 5.85. The van der Waals surface area contributed by atoms with E-state index in [0.717, 1.165) is 37.5 Å². The molecular formula is C12H23N3O. The highest BCUT2D eigenvalue weighted by atomic mass is 16.5. The SMILES string of the molecule is Cc1cc(CNCCCNC(C)(C)C)on1. The standard InChI is InChI=1S/C12H23N3O/c1-10-8-11(16-15-10)9-13-6-5-7-14-12(2,3)4/h8,13-14H,5-7,9H2,1-4H3. The van der Waals surface area contributed by atoms with Gasteiger partial charge in [0.25, 0.3) is 0 Å². The summed E-state index contributed by atoms with van der Waals surface area (Å²) in [5.74, 6) is 0.904. The predicted octanol–water partition coefficient (Wildman–Crippen LogP) is 1.85. The summed E-state index contributed by atoms with van der Waals surface area (Å²) in [6, 6.07) is 1.96. The highest BCUT2D eigenvalue weighted by molar-refractivity contribution is 5.02. The van der Waals surface area contributed by atoms with Gasteiger partial charge in [0.15, 0.2) is 5.76 Å². The number of aromatic nitrogens is 1. The molecule has 0 atom stereocenters. The van der Waals surface area contributed by atoms with Crippen LogP contribution in [0.2, 0.25) is 0 Å². The molecule has 0 spiro atoms. The third-order valence-electron chi connectivity index (χ3n) is 2.16. The van der Waals surface area contributed by atoms with Gasteiger partial charge >= 0.3 is 0 Å². The van der Waals surface area contributed by atoms with Crippen LogP contribution in [0.15, 0.2) is 10.6 Å². The third-order valence-corrected chi connectivity index (χ3v) is 2.16. The summed E-state index contributed by atoms with van der Waals surface area (Å²) >= 11 is 0. The average molecular weight is 225 g/mol. The fourth-order valence-corrected chi connectivity index (χ4v) is 1.39. The Balaban J connectivity index is 2.00. The molecule has 0 aliphatic carbocycles. The lowest BCUT2D eigenvalue weighted by Gasteiger charge is -2.20. The molecule has 0 aliphatic heterocycles. The van der Waals surface area contributed by atoms with Crippen molar-refractivity contribution in [1.29, 1.82) is 0 Å². The largest absolute Gasteiger partial charge is 0.360 e. The van der Waals surface area contributed by atoms with E-state index < -0.39 is 0 Å². The smallest absolute Gasteiger partial charge is 0.150 e. The van der Waals surface area contributed by atoms with Gasteiger partial charge in [-0.05, 0) is 47.2 Å². The second-order valence-corrected chi connectivity index (χ2v) is 5.14. The first-order valence-corrected chi connectivity index (χ1v) is 5.85. The molecule has 0 amide bonds. The van der Waals surface area contributed by atoms with Crippen LogP contribution in [-0.2, 0) is 6.54 Å². The maximum Gasteiger partial charge on any atom is 0.150 e. The van der Waals surface area contributed by atoms with E-state index in [-0.39, 0.29) is 5.54 Å². The van der Waals surface area contributed by atoms with Crippen molar-refractivity contribution in [2.75, 3.05) is 13.1 Å². The van der Waals surface area contributed by atoms with E-state index in [1.165, 1.54) is 0 Å². The van der Waals surface area contributed by atoms with Crippen LogP contribution in [0.1, 0.15) is 38.6 Å². The number of nitrogens with zero attached hydrogens (tertiary/aromatic N) is 1. The molecule has 92 valence electrons. The Labute approximate surface area is 97.8 Å². The molecule has 0 bridgehead atoms. The molecule has 0 saturated heterocycles. The Bertz CT molecular complexity index is 301. The topological polar surface area (TPSA) is 50.1 Å². The van der Waals surface area contributed by atoms with E-state index >= 15 is 0 Å². The van der Waals surface area contributed by atoms with Crippen LogP contribution in [-0.4, -0.2) is 23.8 Å². The summed E-state index contributed by atoms with van der Waals surface area (Å²) in [6.07, 6.45) is 1.12. The highest BCUT2D eigenvalue weighted by Gasteiger charge is 2.06. The summed E-state index contributed by atoms with van der Waals surface area (Å²) in [4.78, 5) is 0. The lowest BCUT2D eigenvalue weighted by Crippen LogP contribution is -2.37. The minimum atomic E-state index is 0.210. The molecule has 0 aliphatic rings. The molecule has 4 heteroatoms. The van der Waals surface area contributed by atoms with Gasteiger partial charge in [-0.3, -0.25) is 0 Å². The van der Waals surface area contributed by atoms with Gasteiger partial charge in [-0.25, -0.2) is 0 Å². The maximum atomic E-state index is 5.10. The molecule has 0 radical (unpaired) electrons. The fraction of sp³-hybridized carbons (Fsp3) is 0.750. The molecule has 0 fully saturated rings. The number of nitrogens with one attached hydrogen (secondary N) is 2. The van der Waals surface area contributed by atoms with Gasteiger partial charge in [0.2, 0.25) is 0 Å². The molecule has 0 saturated carbocycles. The average Bonchev–Trinajstić information content (AvgIpc) is 2.56. The summed E-state index contributed by atoms with van der Waals surface area (Å²) in [6.45, 7) is 11.2. The van der Waals surface area contributed by atoms with E-state index in [1.54, 1.807) is 0 Å². The summed E-state index contributed by atoms with van der Waals surface area (Å²) in [7, 11) is 0. The zero-order chi connectivity index (χ0) is 12.0. The maximum absolute atomic E-state index is 5.10. The Morgan fingerprint density at radius 1 is 1.31 bits per heavy atom. The third kappa shape index (κ3) is 5.88. The quantitative estimate of drug-likeness (QED) is 0.725. The number of hydrogen-bond acceptors (Lipinski definition) is 4. The molecule has 1 aromatic rings. The first-order chi connectivity index (χ1) is 7.47. The van der Waals surface area contributed by atoms with Crippen molar-refractivity contribution in [3.8, 4) is 0 Å². The molecule has 1 rings (SSSR count). The van der Waals surface area contributed by atoms with Crippen LogP contribution < -0.4 is 10.6 Å². The van der Waals surface area contributed by atoms with E-state index in [1.807, 2.05) is 13.0 Å². The monoisotopic (exact) mass is 225 g/mol. The molecule has 1 heterocycles. The first kappa shape index (κ1) is 13.2. The van der Waals surface area contributed by atoms with Gasteiger partial charge in [0, 0.05) is 11.6 Å². The fourth-order valence-electron chi connectivity index (χ4n) is 1.39. The zero-order valence-corrected chi connectivity index (χ0v) is 10.8. The zero-order valence-electron chi connectivity index (χ0n) is 10.8. The van der Waals surface area contributed by atoms with Gasteiger partial charge in [-0.15, -0.1) is 0 Å². The summed E-state index contributed by atoms with van der Waals surface area (Å²) < 4.78 is 5.10. The van der Waals surface area contributed by atoms with Crippen LogP contribution in [0.4, 0.5) is 0 Å². The van der Waals surface area contributed by atoms with Gasteiger partial charge in [-0.1, -0.05) is 5.16 Å². The Morgan fingerprint density at radius 2 is 2.06 bits per heavy atom. The van der Waals surface area contributed by atoms with E-state index in [4.69, 9.17) is 4.52 Å². The normalized spacial score (nSPS) is 12.0. The van der Waals surface area contributed by atoms with Crippen molar-refractivity contribution in [3.63, 3.8) is 0 Å². The molecule has 0 unspecified atom stereocenters. The van der Waals surface area contributed by atoms with Gasteiger partial charge < -0.3 is 15.2 Å². The van der Waals surface area contributed by atoms with Gasteiger partial charge in [0.05, 0.1) is 12.2 Å². The second-order valence-electron chi connectivity index (χ2n) is 5.14. The number of hydrogen-bond donors (Lipinski definition) is 2. The second kappa shape index (κ2) is 6.01. The van der Waals surface area contributed by atoms with Gasteiger partial charge in [0.1, 0.15) is 0 Å². The van der Waals surface area contributed by atoms with Crippen molar-refractivity contribution in [1.82, 2.24) is 15.8 Å². The van der Waals surface area contributed by atoms with Crippen molar-refractivity contribution in [2.45, 2.75) is 46.2 Å². The minimum absolute atomic E-state index is 0.210. The lowest BCUT2D eigenvalue weighted by molar-refractivity contribution is 0.367. The van der Waals surface area contributed by atoms with Crippen molar-refractivity contribution >= 4 is 0 Å². The van der Waals surface area contributed by atoms with Crippen LogP contribution in [0.3, 0.4) is 0 Å². The molecule has 0 aromatic carbocycles. The molecule has 2 N–H and O–H groups in total. The Hall–Kier alpha value is -0.870. The van der Waals surface area contributed by atoms with Gasteiger partial charge in [-0.2, -0.15) is 0 Å². The van der Waals surface area contributed by atoms with Crippen molar-refractivity contribution in [2.24, 2.45) is 0 Å². The molecular weight excluding hydrogens is 202 g/mol. The van der Waals surface area contributed by atoms with Crippen LogP contribution in [0.25, 0.3) is 0 Å². The van der Waals surface area contributed by atoms with Crippen molar-refractivity contribution in [3.05, 3.63) is 17.5 Å². The van der Waals surface area contributed by atoms with Crippen LogP contribution in [0, 0.1) is 6.92 Å². The molecule has 16 heavy (non-hydrogen) atoms. The minimum Gasteiger partial charge on any atom is -0.360 e. The Morgan fingerprint density at radius 3 is 2.62 bits per heavy atom. The Kier molecular flexibility index (Phi) is 4.96. The van der Waals surface area contributed by atoms with E-state index in [9.17, 15) is 0 Å².